The Morgan fingerprint density at radius 3 is 2.14 bits per heavy atom. The summed E-state index contributed by atoms with van der Waals surface area (Å²) in [5, 5.41) is 18.0. The van der Waals surface area contributed by atoms with E-state index in [2.05, 4.69) is 15.5 Å². The normalized spacial score (nSPS) is 16.0. The van der Waals surface area contributed by atoms with E-state index in [0.717, 1.165) is 31.5 Å². The molecule has 1 saturated heterocycles. The van der Waals surface area contributed by atoms with Gasteiger partial charge in [0.2, 0.25) is 21.8 Å². The van der Waals surface area contributed by atoms with E-state index in [-0.39, 0.29) is 55.0 Å². The standard InChI is InChI=1S/C32H48N4O5S/c1-26(2)23-36(42(40,41)28-15-9-6-10-16-28)32(39,21-27-13-7-5-8-14-27)17-18-33-29(37)22-31(3,4)25-34-30(38)24-35-19-11-12-20-35/h5-10,13-16,26,39H,11-12,17-25H2,1-4H3,(H,33,37)(H,34,38). The van der Waals surface area contributed by atoms with Crippen molar-refractivity contribution in [2.24, 2.45) is 11.3 Å². The molecule has 0 bridgehead atoms. The first-order valence-electron chi connectivity index (χ1n) is 14.9. The highest BCUT2D eigenvalue weighted by atomic mass is 32.2. The molecule has 1 unspecified atom stereocenters. The SMILES string of the molecule is CC(C)CN(C(O)(CCNC(=O)CC(C)(C)CNC(=O)CN1CCCC1)Cc1ccccc1)S(=O)(=O)c1ccccc1. The van der Waals surface area contributed by atoms with Crippen molar-refractivity contribution in [3.63, 3.8) is 0 Å². The number of hydrogen-bond acceptors (Lipinski definition) is 6. The predicted octanol–water partition coefficient (Wildman–Crippen LogP) is 3.40. The van der Waals surface area contributed by atoms with Crippen LogP contribution in [0.2, 0.25) is 0 Å². The summed E-state index contributed by atoms with van der Waals surface area (Å²) < 4.78 is 28.9. The molecular weight excluding hydrogens is 552 g/mol. The second-order valence-corrected chi connectivity index (χ2v) is 14.5. The van der Waals surface area contributed by atoms with Crippen molar-refractivity contribution in [2.75, 3.05) is 39.3 Å². The molecular formula is C32H48N4O5S. The lowest BCUT2D eigenvalue weighted by Gasteiger charge is -2.40. The summed E-state index contributed by atoms with van der Waals surface area (Å²) in [5.74, 6) is -0.319. The molecule has 1 fully saturated rings. The van der Waals surface area contributed by atoms with Crippen LogP contribution < -0.4 is 10.6 Å². The molecule has 0 aliphatic carbocycles. The maximum atomic E-state index is 13.9. The average molecular weight is 601 g/mol. The van der Waals surface area contributed by atoms with E-state index in [1.807, 2.05) is 58.0 Å². The quantitative estimate of drug-likeness (QED) is 0.254. The zero-order chi connectivity index (χ0) is 30.8. The lowest BCUT2D eigenvalue weighted by atomic mass is 9.88. The number of carbonyl (C=O) groups excluding carboxylic acids is 2. The van der Waals surface area contributed by atoms with Crippen molar-refractivity contribution < 1.29 is 23.1 Å². The van der Waals surface area contributed by atoms with E-state index in [0.29, 0.717) is 13.1 Å². The molecule has 1 heterocycles. The van der Waals surface area contributed by atoms with Gasteiger partial charge in [-0.25, -0.2) is 8.42 Å². The second-order valence-electron chi connectivity index (χ2n) is 12.6. The van der Waals surface area contributed by atoms with Crippen molar-refractivity contribution >= 4 is 21.8 Å². The molecule has 0 radical (unpaired) electrons. The highest BCUT2D eigenvalue weighted by Crippen LogP contribution is 2.30. The Kier molecular flexibility index (Phi) is 12.1. The largest absolute Gasteiger partial charge is 0.374 e. The summed E-state index contributed by atoms with van der Waals surface area (Å²) in [4.78, 5) is 27.5. The number of benzene rings is 2. The molecule has 42 heavy (non-hydrogen) atoms. The van der Waals surface area contributed by atoms with Gasteiger partial charge in [0.25, 0.3) is 0 Å². The van der Waals surface area contributed by atoms with Gasteiger partial charge in [-0.05, 0) is 55.0 Å². The molecule has 3 rings (SSSR count). The average Bonchev–Trinajstić information content (AvgIpc) is 3.44. The van der Waals surface area contributed by atoms with Gasteiger partial charge in [0, 0.05) is 38.9 Å². The Bertz CT molecular complexity index is 1250. The fourth-order valence-corrected chi connectivity index (χ4v) is 7.12. The monoisotopic (exact) mass is 600 g/mol. The van der Waals surface area contributed by atoms with Crippen LogP contribution in [0.5, 0.6) is 0 Å². The number of nitrogens with zero attached hydrogens (tertiary/aromatic N) is 2. The molecule has 0 spiro atoms. The smallest absolute Gasteiger partial charge is 0.245 e. The first kappa shape index (κ1) is 33.7. The molecule has 2 aromatic carbocycles. The van der Waals surface area contributed by atoms with Crippen LogP contribution in [0.3, 0.4) is 0 Å². The molecule has 10 heteroatoms. The minimum Gasteiger partial charge on any atom is -0.374 e. The molecule has 3 N–H and O–H groups in total. The van der Waals surface area contributed by atoms with E-state index in [1.165, 1.54) is 16.4 Å². The second kappa shape index (κ2) is 15.1. The fourth-order valence-electron chi connectivity index (χ4n) is 5.27. The summed E-state index contributed by atoms with van der Waals surface area (Å²) in [5.41, 5.74) is -1.48. The van der Waals surface area contributed by atoms with Crippen LogP contribution in [0.25, 0.3) is 0 Å². The first-order chi connectivity index (χ1) is 19.8. The van der Waals surface area contributed by atoms with Gasteiger partial charge in [-0.15, -0.1) is 0 Å². The van der Waals surface area contributed by atoms with Crippen molar-refractivity contribution in [3.8, 4) is 0 Å². The van der Waals surface area contributed by atoms with E-state index in [1.54, 1.807) is 18.2 Å². The lowest BCUT2D eigenvalue weighted by molar-refractivity contribution is -0.125. The highest BCUT2D eigenvalue weighted by Gasteiger charge is 2.43. The van der Waals surface area contributed by atoms with Gasteiger partial charge in [0.15, 0.2) is 0 Å². The summed E-state index contributed by atoms with van der Waals surface area (Å²) in [6.45, 7) is 10.5. The van der Waals surface area contributed by atoms with Gasteiger partial charge in [-0.3, -0.25) is 14.5 Å². The summed E-state index contributed by atoms with van der Waals surface area (Å²) >= 11 is 0. The molecule has 1 aliphatic heterocycles. The Hall–Kier alpha value is -2.79. The number of carbonyl (C=O) groups is 2. The third-order valence-electron chi connectivity index (χ3n) is 7.47. The van der Waals surface area contributed by atoms with E-state index in [4.69, 9.17) is 0 Å². The Balaban J connectivity index is 1.69. The van der Waals surface area contributed by atoms with Crippen LogP contribution >= 0.6 is 0 Å². The molecule has 1 atom stereocenters. The zero-order valence-corrected chi connectivity index (χ0v) is 26.3. The van der Waals surface area contributed by atoms with Gasteiger partial charge in [-0.2, -0.15) is 4.31 Å². The van der Waals surface area contributed by atoms with Gasteiger partial charge >= 0.3 is 0 Å². The number of sulfonamides is 1. The molecule has 9 nitrogen and oxygen atoms in total. The molecule has 0 saturated carbocycles. The minimum atomic E-state index is -4.05. The van der Waals surface area contributed by atoms with E-state index >= 15 is 0 Å². The van der Waals surface area contributed by atoms with Gasteiger partial charge in [0.05, 0.1) is 11.4 Å². The number of nitrogens with one attached hydrogen (secondary N) is 2. The summed E-state index contributed by atoms with van der Waals surface area (Å²) in [7, 11) is -4.05. The van der Waals surface area contributed by atoms with Crippen LogP contribution in [-0.4, -0.2) is 79.5 Å². The van der Waals surface area contributed by atoms with Crippen molar-refractivity contribution in [1.29, 1.82) is 0 Å². The molecule has 0 aromatic heterocycles. The summed E-state index contributed by atoms with van der Waals surface area (Å²) in [6.07, 6.45) is 2.47. The van der Waals surface area contributed by atoms with Crippen LogP contribution in [0.1, 0.15) is 58.9 Å². The van der Waals surface area contributed by atoms with Crippen LogP contribution in [0, 0.1) is 11.3 Å². The molecule has 2 aromatic rings. The van der Waals surface area contributed by atoms with Gasteiger partial charge in [0.1, 0.15) is 5.72 Å². The first-order valence-corrected chi connectivity index (χ1v) is 16.3. The zero-order valence-electron chi connectivity index (χ0n) is 25.5. The van der Waals surface area contributed by atoms with E-state index in [9.17, 15) is 23.1 Å². The van der Waals surface area contributed by atoms with Crippen molar-refractivity contribution in [2.45, 2.75) is 70.4 Å². The van der Waals surface area contributed by atoms with E-state index < -0.39 is 21.2 Å². The predicted molar refractivity (Wildman–Crippen MR) is 165 cm³/mol. The molecule has 232 valence electrons. The third kappa shape index (κ3) is 10.2. The fraction of sp³-hybridized carbons (Fsp3) is 0.562. The maximum Gasteiger partial charge on any atom is 0.245 e. The molecule has 1 aliphatic rings. The number of rotatable bonds is 16. The Morgan fingerprint density at radius 1 is 0.952 bits per heavy atom. The van der Waals surface area contributed by atoms with Crippen molar-refractivity contribution in [1.82, 2.24) is 19.8 Å². The van der Waals surface area contributed by atoms with Gasteiger partial charge in [-0.1, -0.05) is 76.2 Å². The van der Waals surface area contributed by atoms with Crippen LogP contribution in [0.4, 0.5) is 0 Å². The topological polar surface area (TPSA) is 119 Å². The number of amides is 2. The minimum absolute atomic E-state index is 0.000578. The number of hydrogen-bond donors (Lipinski definition) is 3. The van der Waals surface area contributed by atoms with Crippen LogP contribution in [-0.2, 0) is 26.0 Å². The lowest BCUT2D eigenvalue weighted by Crippen LogP contribution is -2.55. The van der Waals surface area contributed by atoms with Crippen molar-refractivity contribution in [3.05, 3.63) is 66.2 Å². The maximum absolute atomic E-state index is 13.9. The number of aliphatic hydroxyl groups is 1. The Morgan fingerprint density at radius 2 is 1.55 bits per heavy atom. The third-order valence-corrected chi connectivity index (χ3v) is 9.41. The highest BCUT2D eigenvalue weighted by molar-refractivity contribution is 7.89. The van der Waals surface area contributed by atoms with Gasteiger partial charge < -0.3 is 15.7 Å². The van der Waals surface area contributed by atoms with Crippen LogP contribution in [0.15, 0.2) is 65.6 Å². The summed E-state index contributed by atoms with van der Waals surface area (Å²) in [6, 6.07) is 17.4. The Labute approximate surface area is 251 Å². The number of likely N-dealkylation sites (tertiary alicyclic amines) is 1. The molecule has 2 amide bonds.